The number of aromatic nitrogens is 1. The van der Waals surface area contributed by atoms with E-state index in [0.717, 1.165) is 17.0 Å². The van der Waals surface area contributed by atoms with E-state index in [0.29, 0.717) is 13.0 Å². The molecule has 1 aliphatic heterocycles. The van der Waals surface area contributed by atoms with Crippen molar-refractivity contribution in [1.82, 2.24) is 10.3 Å². The van der Waals surface area contributed by atoms with Crippen molar-refractivity contribution >= 4 is 23.5 Å². The lowest BCUT2D eigenvalue weighted by atomic mass is 9.92. The Bertz CT molecular complexity index is 537. The smallest absolute Gasteiger partial charge is 0.221 e. The Balaban J connectivity index is 1.86. The zero-order valence-electron chi connectivity index (χ0n) is 12.8. The summed E-state index contributed by atoms with van der Waals surface area (Å²) in [5.74, 6) is 0.0657. The lowest BCUT2D eigenvalue weighted by Crippen LogP contribution is -2.33. The van der Waals surface area contributed by atoms with Crippen molar-refractivity contribution in [3.05, 3.63) is 23.9 Å². The normalized spacial score (nSPS) is 18.2. The molecule has 1 aliphatic rings. The minimum Gasteiger partial charge on any atom is -0.356 e. The fraction of sp³-hybridized carbons (Fsp3) is 0.562. The first-order chi connectivity index (χ1) is 9.85. The van der Waals surface area contributed by atoms with Gasteiger partial charge in [-0.05, 0) is 23.5 Å². The first kappa shape index (κ1) is 16.0. The van der Waals surface area contributed by atoms with Crippen molar-refractivity contribution in [1.29, 1.82) is 0 Å². The Labute approximate surface area is 130 Å². The SMILES string of the molecule is CC(C)(C)CCNC(=O)CC1Sc2ncccc2CC1=O. The average Bonchev–Trinajstić information content (AvgIpc) is 2.38. The van der Waals surface area contributed by atoms with Gasteiger partial charge >= 0.3 is 0 Å². The van der Waals surface area contributed by atoms with Crippen molar-refractivity contribution in [2.75, 3.05) is 6.54 Å². The summed E-state index contributed by atoms with van der Waals surface area (Å²) in [6.07, 6.45) is 3.27. The number of ketones is 1. The fourth-order valence-corrected chi connectivity index (χ4v) is 3.27. The number of carbonyl (C=O) groups excluding carboxylic acids is 2. The Kier molecular flexibility index (Phi) is 5.04. The maximum atomic E-state index is 12.1. The molecule has 0 aliphatic carbocycles. The van der Waals surface area contributed by atoms with Crippen molar-refractivity contribution in [2.24, 2.45) is 5.41 Å². The summed E-state index contributed by atoms with van der Waals surface area (Å²) in [4.78, 5) is 28.3. The number of carbonyl (C=O) groups is 2. The molecule has 1 aromatic heterocycles. The zero-order chi connectivity index (χ0) is 15.5. The van der Waals surface area contributed by atoms with E-state index in [1.165, 1.54) is 11.8 Å². The molecular formula is C16H22N2O2S. The predicted molar refractivity (Wildman–Crippen MR) is 84.3 cm³/mol. The fourth-order valence-electron chi connectivity index (χ4n) is 2.14. The van der Waals surface area contributed by atoms with Gasteiger partial charge in [0.15, 0.2) is 5.78 Å². The van der Waals surface area contributed by atoms with Gasteiger partial charge in [0.25, 0.3) is 0 Å². The van der Waals surface area contributed by atoms with Gasteiger partial charge in [-0.3, -0.25) is 9.59 Å². The van der Waals surface area contributed by atoms with Crippen molar-refractivity contribution < 1.29 is 9.59 Å². The van der Waals surface area contributed by atoms with Gasteiger partial charge in [-0.1, -0.05) is 38.6 Å². The van der Waals surface area contributed by atoms with Crippen LogP contribution in [0, 0.1) is 5.41 Å². The van der Waals surface area contributed by atoms with Crippen LogP contribution in [0.15, 0.2) is 23.4 Å². The third-order valence-electron chi connectivity index (χ3n) is 3.40. The van der Waals surface area contributed by atoms with Crippen LogP contribution in [-0.4, -0.2) is 28.5 Å². The standard InChI is InChI=1S/C16H22N2O2S/c1-16(2,3)6-8-17-14(20)10-13-12(19)9-11-5-4-7-18-15(11)21-13/h4-5,7,13H,6,8-10H2,1-3H3,(H,17,20). The van der Waals surface area contributed by atoms with Gasteiger partial charge in [0, 0.05) is 25.6 Å². The second-order valence-electron chi connectivity index (χ2n) is 6.58. The molecule has 0 fully saturated rings. The average molecular weight is 306 g/mol. The third-order valence-corrected chi connectivity index (χ3v) is 4.70. The summed E-state index contributed by atoms with van der Waals surface area (Å²) < 4.78 is 0. The molecular weight excluding hydrogens is 284 g/mol. The molecule has 114 valence electrons. The van der Waals surface area contributed by atoms with E-state index in [1.807, 2.05) is 12.1 Å². The van der Waals surface area contributed by atoms with Crippen LogP contribution in [0.4, 0.5) is 0 Å². The van der Waals surface area contributed by atoms with Gasteiger partial charge in [0.1, 0.15) is 5.03 Å². The molecule has 0 aromatic carbocycles. The van der Waals surface area contributed by atoms with Gasteiger partial charge in [0.05, 0.1) is 5.25 Å². The highest BCUT2D eigenvalue weighted by Gasteiger charge is 2.29. The molecule has 1 N–H and O–H groups in total. The molecule has 0 radical (unpaired) electrons. The van der Waals surface area contributed by atoms with Gasteiger partial charge in [-0.2, -0.15) is 0 Å². The first-order valence-electron chi connectivity index (χ1n) is 7.25. The monoisotopic (exact) mass is 306 g/mol. The van der Waals surface area contributed by atoms with Gasteiger partial charge in [0.2, 0.25) is 5.91 Å². The van der Waals surface area contributed by atoms with Crippen LogP contribution in [-0.2, 0) is 16.0 Å². The maximum Gasteiger partial charge on any atom is 0.221 e. The Morgan fingerprint density at radius 3 is 2.95 bits per heavy atom. The number of nitrogens with one attached hydrogen (secondary N) is 1. The van der Waals surface area contributed by atoms with Crippen LogP contribution in [0.3, 0.4) is 0 Å². The summed E-state index contributed by atoms with van der Waals surface area (Å²) in [6, 6.07) is 3.76. The van der Waals surface area contributed by atoms with Crippen LogP contribution >= 0.6 is 11.8 Å². The highest BCUT2D eigenvalue weighted by atomic mass is 32.2. The Morgan fingerprint density at radius 2 is 2.24 bits per heavy atom. The largest absolute Gasteiger partial charge is 0.356 e. The highest BCUT2D eigenvalue weighted by Crippen LogP contribution is 2.33. The van der Waals surface area contributed by atoms with Crippen molar-refractivity contribution in [3.8, 4) is 0 Å². The molecule has 0 saturated heterocycles. The van der Waals surface area contributed by atoms with Gasteiger partial charge < -0.3 is 5.32 Å². The van der Waals surface area contributed by atoms with E-state index in [4.69, 9.17) is 0 Å². The number of Topliss-reactive ketones (excluding diaryl/α,β-unsaturated/α-hetero) is 1. The molecule has 21 heavy (non-hydrogen) atoms. The number of amides is 1. The highest BCUT2D eigenvalue weighted by molar-refractivity contribution is 8.00. The molecule has 0 saturated carbocycles. The van der Waals surface area contributed by atoms with Crippen LogP contribution in [0.25, 0.3) is 0 Å². The first-order valence-corrected chi connectivity index (χ1v) is 8.13. The summed E-state index contributed by atoms with van der Waals surface area (Å²) in [5, 5.41) is 3.48. The summed E-state index contributed by atoms with van der Waals surface area (Å²) >= 11 is 1.41. The number of hydrogen-bond acceptors (Lipinski definition) is 4. The second kappa shape index (κ2) is 6.60. The van der Waals surface area contributed by atoms with E-state index < -0.39 is 0 Å². The van der Waals surface area contributed by atoms with Crippen LogP contribution in [0.1, 0.15) is 39.2 Å². The Morgan fingerprint density at radius 1 is 1.48 bits per heavy atom. The van der Waals surface area contributed by atoms with Crippen LogP contribution < -0.4 is 5.32 Å². The molecule has 0 bridgehead atoms. The lowest BCUT2D eigenvalue weighted by molar-refractivity contribution is -0.124. The molecule has 2 heterocycles. The van der Waals surface area contributed by atoms with Crippen LogP contribution in [0.5, 0.6) is 0 Å². The molecule has 1 amide bonds. The van der Waals surface area contributed by atoms with E-state index >= 15 is 0 Å². The number of fused-ring (bicyclic) bond motifs is 1. The number of hydrogen-bond donors (Lipinski definition) is 1. The van der Waals surface area contributed by atoms with E-state index in [1.54, 1.807) is 6.20 Å². The molecule has 1 atom stereocenters. The molecule has 1 aromatic rings. The van der Waals surface area contributed by atoms with Gasteiger partial charge in [-0.15, -0.1) is 0 Å². The topological polar surface area (TPSA) is 59.1 Å². The minimum atomic E-state index is -0.304. The summed E-state index contributed by atoms with van der Waals surface area (Å²) in [6.45, 7) is 7.08. The molecule has 0 spiro atoms. The molecule has 5 heteroatoms. The number of thioether (sulfide) groups is 1. The third kappa shape index (κ3) is 4.84. The van der Waals surface area contributed by atoms with Gasteiger partial charge in [-0.25, -0.2) is 4.98 Å². The Hall–Kier alpha value is -1.36. The summed E-state index contributed by atoms with van der Waals surface area (Å²) in [5.41, 5.74) is 1.17. The minimum absolute atomic E-state index is 0.0514. The second-order valence-corrected chi connectivity index (χ2v) is 7.77. The number of rotatable bonds is 4. The van der Waals surface area contributed by atoms with E-state index in [9.17, 15) is 9.59 Å². The van der Waals surface area contributed by atoms with E-state index in [2.05, 4.69) is 31.1 Å². The summed E-state index contributed by atoms with van der Waals surface area (Å²) in [7, 11) is 0. The molecule has 4 nitrogen and oxygen atoms in total. The molecule has 2 rings (SSSR count). The quantitative estimate of drug-likeness (QED) is 0.929. The lowest BCUT2D eigenvalue weighted by Gasteiger charge is -2.22. The van der Waals surface area contributed by atoms with E-state index in [-0.39, 0.29) is 28.8 Å². The van der Waals surface area contributed by atoms with Crippen LogP contribution in [0.2, 0.25) is 0 Å². The maximum absolute atomic E-state index is 12.1. The molecule has 1 unspecified atom stereocenters. The predicted octanol–water partition coefficient (Wildman–Crippen LogP) is 2.61. The number of pyridine rings is 1. The van der Waals surface area contributed by atoms with Crippen molar-refractivity contribution in [3.63, 3.8) is 0 Å². The zero-order valence-corrected chi connectivity index (χ0v) is 13.6. The van der Waals surface area contributed by atoms with Crippen molar-refractivity contribution in [2.45, 2.75) is 50.3 Å². The number of nitrogens with zero attached hydrogens (tertiary/aromatic N) is 1.